The van der Waals surface area contributed by atoms with Crippen LogP contribution in [0.15, 0.2) is 9.67 Å². The van der Waals surface area contributed by atoms with Crippen LogP contribution in [0.25, 0.3) is 0 Å². The van der Waals surface area contributed by atoms with E-state index in [1.807, 2.05) is 3.59 Å². The van der Waals surface area contributed by atoms with Crippen molar-refractivity contribution in [3.63, 3.8) is 0 Å². The minimum absolute atomic E-state index is 1.38. The van der Waals surface area contributed by atoms with E-state index in [2.05, 4.69) is 40.7 Å². The van der Waals surface area contributed by atoms with Crippen molar-refractivity contribution in [3.05, 3.63) is 9.67 Å². The van der Waals surface area contributed by atoms with Gasteiger partial charge in [0.1, 0.15) is 0 Å². The Kier molecular flexibility index (Phi) is 10.8. The molecule has 0 radical (unpaired) electrons. The summed E-state index contributed by atoms with van der Waals surface area (Å²) in [7, 11) is 0. The summed E-state index contributed by atoms with van der Waals surface area (Å²) in [6.07, 6.45) is 11.0. The van der Waals surface area contributed by atoms with Gasteiger partial charge in [-0.3, -0.25) is 0 Å². The molecule has 0 amide bonds. The summed E-state index contributed by atoms with van der Waals surface area (Å²) in [4.78, 5) is 0. The summed E-state index contributed by atoms with van der Waals surface area (Å²) in [5.41, 5.74) is 0. The summed E-state index contributed by atoms with van der Waals surface area (Å²) < 4.78 is 6.69. The van der Waals surface area contributed by atoms with E-state index in [0.29, 0.717) is 0 Å². The Hall–Kier alpha value is 0.539. The molecule has 0 nitrogen and oxygen atoms in total. The van der Waals surface area contributed by atoms with Crippen molar-refractivity contribution in [2.75, 3.05) is 0 Å². The Morgan fingerprint density at radius 2 is 1.18 bits per heavy atom. The zero-order chi connectivity index (χ0) is 13.1. The van der Waals surface area contributed by atoms with Gasteiger partial charge in [-0.15, -0.1) is 0 Å². The van der Waals surface area contributed by atoms with Crippen molar-refractivity contribution in [1.29, 1.82) is 0 Å². The minimum atomic E-state index is -1.93. The quantitative estimate of drug-likeness (QED) is 0.405. The van der Waals surface area contributed by atoms with Crippen LogP contribution in [0.5, 0.6) is 0 Å². The van der Waals surface area contributed by atoms with Crippen molar-refractivity contribution in [3.8, 4) is 0 Å². The monoisotopic (exact) mass is 346 g/mol. The molecule has 0 unspecified atom stereocenters. The van der Waals surface area contributed by atoms with Gasteiger partial charge in [0.25, 0.3) is 0 Å². The van der Waals surface area contributed by atoms with Gasteiger partial charge in [0.15, 0.2) is 0 Å². The zero-order valence-corrected chi connectivity index (χ0v) is 15.8. The average Bonchev–Trinajstić information content (AvgIpc) is 2.37. The number of hydrogen-bond donors (Lipinski definition) is 0. The van der Waals surface area contributed by atoms with Gasteiger partial charge in [0, 0.05) is 0 Å². The van der Waals surface area contributed by atoms with Crippen LogP contribution in [0.2, 0.25) is 13.3 Å². The van der Waals surface area contributed by atoms with E-state index in [0.717, 1.165) is 0 Å². The van der Waals surface area contributed by atoms with Gasteiger partial charge in [-0.25, -0.2) is 0 Å². The molecule has 1 heteroatoms. The average molecular weight is 345 g/mol. The van der Waals surface area contributed by atoms with Gasteiger partial charge in [-0.1, -0.05) is 0 Å². The Bertz CT molecular complexity index is 184. The predicted molar refractivity (Wildman–Crippen MR) is 84.3 cm³/mol. The summed E-state index contributed by atoms with van der Waals surface area (Å²) in [6.45, 7) is 11.8. The number of unbranched alkanes of at least 4 members (excludes halogenated alkanes) is 3. The van der Waals surface area contributed by atoms with E-state index in [1.54, 1.807) is 13.3 Å². The first kappa shape index (κ1) is 17.5. The van der Waals surface area contributed by atoms with Gasteiger partial charge in [-0.05, 0) is 0 Å². The summed E-state index contributed by atoms with van der Waals surface area (Å²) in [5.74, 6) is 0. The molecule has 0 aliphatic carbocycles. The summed E-state index contributed by atoms with van der Waals surface area (Å²) >= 11 is -1.93. The topological polar surface area (TPSA) is 0 Å². The maximum absolute atomic E-state index is 2.46. The van der Waals surface area contributed by atoms with Crippen LogP contribution >= 0.6 is 0 Å². The Balaban J connectivity index is 4.77. The first-order valence-electron chi connectivity index (χ1n) is 7.80. The van der Waals surface area contributed by atoms with E-state index in [4.69, 9.17) is 0 Å². The zero-order valence-electron chi connectivity index (χ0n) is 12.9. The Labute approximate surface area is 114 Å². The van der Waals surface area contributed by atoms with Crippen LogP contribution in [0, 0.1) is 0 Å². The van der Waals surface area contributed by atoms with Crippen LogP contribution in [-0.4, -0.2) is 18.4 Å². The molecule has 0 N–H and O–H groups in total. The molecule has 0 fully saturated rings. The fraction of sp³-hybridized carbons (Fsp3) is 0.875. The first-order valence-corrected chi connectivity index (χ1v) is 15.3. The molecular weight excluding hydrogens is 311 g/mol. The number of rotatable bonds is 10. The number of allylic oxidation sites excluding steroid dienone is 2. The van der Waals surface area contributed by atoms with Crippen LogP contribution in [0.4, 0.5) is 0 Å². The SMILES string of the molecule is C/C=[C](/C)[Sn]([CH2]CCC)([CH2]CCC)[CH2]CCC. The van der Waals surface area contributed by atoms with Crippen LogP contribution < -0.4 is 0 Å². The molecule has 0 bridgehead atoms. The van der Waals surface area contributed by atoms with Crippen molar-refractivity contribution < 1.29 is 0 Å². The Morgan fingerprint density at radius 3 is 1.41 bits per heavy atom. The fourth-order valence-corrected chi connectivity index (χ4v) is 18.9. The maximum atomic E-state index is 2.46. The van der Waals surface area contributed by atoms with E-state index < -0.39 is 18.4 Å². The second-order valence-corrected chi connectivity index (χ2v) is 19.4. The van der Waals surface area contributed by atoms with Gasteiger partial charge in [0.2, 0.25) is 0 Å². The second kappa shape index (κ2) is 10.5. The first-order chi connectivity index (χ1) is 8.16. The summed E-state index contributed by atoms with van der Waals surface area (Å²) in [6, 6.07) is 0. The fourth-order valence-electron chi connectivity index (χ4n) is 2.82. The van der Waals surface area contributed by atoms with Crippen molar-refractivity contribution in [2.45, 2.75) is 86.5 Å². The molecule has 0 aromatic carbocycles. The van der Waals surface area contributed by atoms with E-state index in [1.165, 1.54) is 38.5 Å². The predicted octanol–water partition coefficient (Wildman–Crippen LogP) is 6.34. The number of hydrogen-bond acceptors (Lipinski definition) is 0. The standard InChI is InChI=1S/3C4H9.C4H7.Sn/c4*1-3-4-2;/h3*1,3-4H2,2H3;3H,1-2H3;. The molecule has 0 rings (SSSR count). The summed E-state index contributed by atoms with van der Waals surface area (Å²) in [5, 5.41) is 0. The van der Waals surface area contributed by atoms with E-state index in [-0.39, 0.29) is 0 Å². The van der Waals surface area contributed by atoms with Gasteiger partial charge >= 0.3 is 114 Å². The van der Waals surface area contributed by atoms with Crippen molar-refractivity contribution in [2.24, 2.45) is 0 Å². The third-order valence-electron chi connectivity index (χ3n) is 4.30. The normalized spacial score (nSPS) is 13.1. The molecule has 0 atom stereocenters. The third kappa shape index (κ3) is 6.31. The van der Waals surface area contributed by atoms with Crippen molar-refractivity contribution in [1.82, 2.24) is 0 Å². The van der Waals surface area contributed by atoms with Crippen LogP contribution in [0.3, 0.4) is 0 Å². The van der Waals surface area contributed by atoms with Gasteiger partial charge < -0.3 is 0 Å². The van der Waals surface area contributed by atoms with Crippen LogP contribution in [0.1, 0.15) is 73.1 Å². The molecule has 0 aliphatic heterocycles. The molecule has 0 aromatic heterocycles. The van der Waals surface area contributed by atoms with Crippen molar-refractivity contribution >= 4 is 18.4 Å². The molecule has 0 heterocycles. The second-order valence-electron chi connectivity index (χ2n) is 5.56. The molecular formula is C16H34Sn. The van der Waals surface area contributed by atoms with Gasteiger partial charge in [-0.2, -0.15) is 0 Å². The molecule has 102 valence electrons. The van der Waals surface area contributed by atoms with E-state index in [9.17, 15) is 0 Å². The van der Waals surface area contributed by atoms with E-state index >= 15 is 0 Å². The molecule has 0 spiro atoms. The van der Waals surface area contributed by atoms with Crippen LogP contribution in [-0.2, 0) is 0 Å². The van der Waals surface area contributed by atoms with Gasteiger partial charge in [0.05, 0.1) is 0 Å². The third-order valence-corrected chi connectivity index (χ3v) is 21.1. The molecule has 0 saturated carbocycles. The Morgan fingerprint density at radius 1 is 0.824 bits per heavy atom. The molecule has 0 aromatic rings. The molecule has 0 saturated heterocycles. The molecule has 17 heavy (non-hydrogen) atoms. The molecule has 0 aliphatic rings.